The fourth-order valence-electron chi connectivity index (χ4n) is 3.18. The molecule has 4 aromatic heterocycles. The zero-order valence-corrected chi connectivity index (χ0v) is 33.0. The summed E-state index contributed by atoms with van der Waals surface area (Å²) in [5.74, 6) is 3.39. The predicted octanol–water partition coefficient (Wildman–Crippen LogP) is 8.78. The minimum Gasteiger partial charge on any atom is -0.358 e. The Kier molecular flexibility index (Phi) is 27.6. The first-order chi connectivity index (χ1) is 17.6. The molecule has 0 aliphatic heterocycles. The summed E-state index contributed by atoms with van der Waals surface area (Å²) in [6.45, 7) is 22.6. The van der Waals surface area contributed by atoms with Gasteiger partial charge in [0.2, 0.25) is 0 Å². The molecule has 0 aromatic carbocycles. The van der Waals surface area contributed by atoms with Gasteiger partial charge in [-0.3, -0.25) is 4.98 Å². The van der Waals surface area contributed by atoms with Crippen LogP contribution in [0.2, 0.25) is 0 Å². The molecule has 4 heterocycles. The molecule has 0 bridgehead atoms. The third kappa shape index (κ3) is 14.5. The molecule has 0 unspecified atom stereocenters. The van der Waals surface area contributed by atoms with E-state index in [0.717, 1.165) is 28.6 Å². The van der Waals surface area contributed by atoms with Crippen LogP contribution >= 0.6 is 0 Å². The molecule has 6 nitrogen and oxygen atoms in total. The van der Waals surface area contributed by atoms with Gasteiger partial charge in [0.05, 0.1) is 0 Å². The molecule has 1 N–H and O–H groups in total. The maximum atomic E-state index is 5.75. The van der Waals surface area contributed by atoms with E-state index in [2.05, 4.69) is 73.7 Å². The van der Waals surface area contributed by atoms with Gasteiger partial charge in [0, 0.05) is 19.5 Å². The molecule has 40 heavy (non-hydrogen) atoms. The van der Waals surface area contributed by atoms with E-state index in [1.807, 2.05) is 68.8 Å². The molecule has 4 aromatic rings. The maximum absolute atomic E-state index is 5.75. The number of aromatic nitrogens is 6. The number of aryl methyl sites for hydroxylation is 2. The number of rotatable bonds is 3. The van der Waals surface area contributed by atoms with Crippen molar-refractivity contribution in [2.45, 2.75) is 83.6 Å². The van der Waals surface area contributed by atoms with Crippen molar-refractivity contribution in [3.05, 3.63) is 115 Å². The summed E-state index contributed by atoms with van der Waals surface area (Å²) in [4.78, 5) is 8.29. The normalized spacial score (nSPS) is 8.55. The standard InChI is InChI=1S/C13H16N3.C8H13N2.C6H7N.C2H6.CH4.2CH3.2W/c1-9(2)13-10(3)11(4)16(15-13)12-7-5-6-8-14-12;1-5(2)8-6(3)7(4)9-10-8;1-6-4-2-3-5-7-6;1-2;;;;;/h5-8H,1-4H3;1-4H3,(H,9,10);2-5H,1H3;1-2H3;1H4;2*1H3;;/q2*-1;;;;2*-1;2*+2/i;;;;1D;;;;. The Hall–Kier alpha value is -2.16. The van der Waals surface area contributed by atoms with Crippen molar-refractivity contribution in [3.8, 4) is 5.82 Å². The van der Waals surface area contributed by atoms with Crippen LogP contribution < -0.4 is 0 Å². The molecule has 4 rings (SSSR count). The van der Waals surface area contributed by atoms with Crippen LogP contribution in [0.15, 0.2) is 48.8 Å². The minimum atomic E-state index is 0. The van der Waals surface area contributed by atoms with Gasteiger partial charge in [0.25, 0.3) is 0 Å². The van der Waals surface area contributed by atoms with Crippen molar-refractivity contribution in [3.63, 3.8) is 0 Å². The van der Waals surface area contributed by atoms with Crippen LogP contribution in [0.5, 0.6) is 0 Å². The van der Waals surface area contributed by atoms with E-state index in [1.165, 1.54) is 36.1 Å². The molecular formula is C32H52N6W2. The molecule has 0 radical (unpaired) electrons. The van der Waals surface area contributed by atoms with Gasteiger partial charge in [0.1, 0.15) is 0 Å². The van der Waals surface area contributed by atoms with Gasteiger partial charge in [-0.2, -0.15) is 23.0 Å². The van der Waals surface area contributed by atoms with E-state index < -0.39 is 0 Å². The zero-order chi connectivity index (χ0) is 28.5. The second kappa shape index (κ2) is 24.6. The van der Waals surface area contributed by atoms with Gasteiger partial charge < -0.3 is 20.0 Å². The second-order valence-electron chi connectivity index (χ2n) is 8.44. The Labute approximate surface area is 276 Å². The maximum Gasteiger partial charge on any atom is 2.00 e. The van der Waals surface area contributed by atoms with Crippen LogP contribution in [-0.4, -0.2) is 29.9 Å². The molecule has 8 heteroatoms. The largest absolute Gasteiger partial charge is 2.00 e. The number of nitrogens with zero attached hydrogens (tertiary/aromatic N) is 5. The van der Waals surface area contributed by atoms with Crippen LogP contribution in [0, 0.1) is 61.3 Å². The van der Waals surface area contributed by atoms with E-state index in [9.17, 15) is 0 Å². The number of H-pyrrole nitrogens is 1. The Morgan fingerprint density at radius 2 is 1.30 bits per heavy atom. The van der Waals surface area contributed by atoms with Crippen LogP contribution in [0.4, 0.5) is 0 Å². The zero-order valence-electron chi connectivity index (χ0n) is 28.2. The Bertz CT molecular complexity index is 1130. The predicted molar refractivity (Wildman–Crippen MR) is 166 cm³/mol. The van der Waals surface area contributed by atoms with E-state index >= 15 is 0 Å². The van der Waals surface area contributed by atoms with Crippen molar-refractivity contribution in [2.75, 3.05) is 0 Å². The van der Waals surface area contributed by atoms with E-state index in [-0.39, 0.29) is 57.0 Å². The second-order valence-corrected chi connectivity index (χ2v) is 8.44. The Morgan fingerprint density at radius 3 is 1.57 bits per heavy atom. The van der Waals surface area contributed by atoms with Gasteiger partial charge >= 0.3 is 42.1 Å². The molecule has 0 spiro atoms. The fraction of sp³-hybridized carbons (Fsp3) is 0.375. The summed E-state index contributed by atoms with van der Waals surface area (Å²) < 4.78 is 7.65. The Balaban J connectivity index is -0.000000151. The summed E-state index contributed by atoms with van der Waals surface area (Å²) in [6, 6.07) is 11.7. The average Bonchev–Trinajstić information content (AvgIpc) is 3.41. The first-order valence-electron chi connectivity index (χ1n) is 13.1. The van der Waals surface area contributed by atoms with E-state index in [1.54, 1.807) is 12.4 Å². The summed E-state index contributed by atoms with van der Waals surface area (Å²) in [7, 11) is 1.25. The van der Waals surface area contributed by atoms with Gasteiger partial charge in [-0.15, -0.1) is 41.5 Å². The van der Waals surface area contributed by atoms with Gasteiger partial charge in [-0.25, -0.2) is 19.9 Å². The van der Waals surface area contributed by atoms with Gasteiger partial charge in [-0.05, 0) is 56.4 Å². The van der Waals surface area contributed by atoms with Crippen LogP contribution in [0.25, 0.3) is 5.82 Å². The molecular weight excluding hydrogens is 836 g/mol. The Morgan fingerprint density at radius 1 is 0.775 bits per heavy atom. The monoisotopic (exact) mass is 889 g/mol. The quantitative estimate of drug-likeness (QED) is 0.209. The van der Waals surface area contributed by atoms with Crippen molar-refractivity contribution < 1.29 is 43.5 Å². The van der Waals surface area contributed by atoms with Gasteiger partial charge in [-0.1, -0.05) is 44.8 Å². The molecule has 0 saturated heterocycles. The summed E-state index contributed by atoms with van der Waals surface area (Å²) in [5.41, 5.74) is 8.06. The fourth-order valence-corrected chi connectivity index (χ4v) is 3.18. The topological polar surface area (TPSA) is 72.3 Å². The number of aromatic amines is 1. The van der Waals surface area contributed by atoms with Gasteiger partial charge in [0.15, 0.2) is 5.82 Å². The number of pyridine rings is 2. The third-order valence-electron chi connectivity index (χ3n) is 5.32. The number of hydrogen-bond acceptors (Lipinski definition) is 4. The molecule has 0 saturated carbocycles. The third-order valence-corrected chi connectivity index (χ3v) is 5.32. The average molecular weight is 889 g/mol. The minimum absolute atomic E-state index is 0. The molecule has 222 valence electrons. The van der Waals surface area contributed by atoms with E-state index in [4.69, 9.17) is 1.37 Å². The molecule has 0 fully saturated rings. The summed E-state index contributed by atoms with van der Waals surface area (Å²) in [5, 5.41) is 11.7. The van der Waals surface area contributed by atoms with Crippen molar-refractivity contribution >= 4 is 0 Å². The molecule has 0 atom stereocenters. The number of hydrogen-bond donors (Lipinski definition) is 1. The molecule has 0 aliphatic rings. The van der Waals surface area contributed by atoms with Crippen molar-refractivity contribution in [2.24, 2.45) is 0 Å². The van der Waals surface area contributed by atoms with Crippen molar-refractivity contribution in [1.29, 1.82) is 0 Å². The smallest absolute Gasteiger partial charge is 0.358 e. The van der Waals surface area contributed by atoms with Crippen LogP contribution in [0.3, 0.4) is 0 Å². The van der Waals surface area contributed by atoms with Crippen LogP contribution in [-0.2, 0) is 42.1 Å². The van der Waals surface area contributed by atoms with Crippen molar-refractivity contribution in [1.82, 2.24) is 29.9 Å². The summed E-state index contributed by atoms with van der Waals surface area (Å²) >= 11 is 0. The van der Waals surface area contributed by atoms with Crippen LogP contribution in [0.1, 0.15) is 89.9 Å². The molecule has 0 amide bonds. The SMILES string of the molecule is CC.Cc1c([C-](C)C)nn(-c2ccccn2)c1C.Cc1ccccn1.Cc1n[nH]c([C-](C)C)c1C.[2H]C.[CH3-].[CH3-].[W+2].[W+2]. The first-order valence-corrected chi connectivity index (χ1v) is 12.1. The molecule has 0 aliphatic carbocycles. The van der Waals surface area contributed by atoms with E-state index in [0.29, 0.717) is 0 Å². The summed E-state index contributed by atoms with van der Waals surface area (Å²) in [6.07, 6.45) is 3.57. The number of nitrogens with one attached hydrogen (secondary N) is 1. The first kappa shape index (κ1) is 44.8.